The molecule has 0 atom stereocenters. The third-order valence-electron chi connectivity index (χ3n) is 1.72. The molecule has 0 aliphatic heterocycles. The Morgan fingerprint density at radius 3 is 2.08 bits per heavy atom. The molecule has 0 nitrogen and oxygen atoms in total. The second-order valence-electron chi connectivity index (χ2n) is 3.45. The molecule has 0 saturated carbocycles. The van der Waals surface area contributed by atoms with Crippen LogP contribution in [-0.4, -0.2) is 0 Å². The summed E-state index contributed by atoms with van der Waals surface area (Å²) >= 11 is 5.48. The van der Waals surface area contributed by atoms with Gasteiger partial charge in [0, 0.05) is 10.6 Å². The molecule has 0 unspecified atom stereocenters. The van der Waals surface area contributed by atoms with Crippen LogP contribution in [0.5, 0.6) is 0 Å². The molecular weight excluding hydrogens is 194 g/mol. The van der Waals surface area contributed by atoms with Crippen molar-refractivity contribution >= 4 is 11.6 Å². The normalized spacial score (nSPS) is 10.9. The van der Waals surface area contributed by atoms with E-state index in [-0.39, 0.29) is 16.5 Å². The molecule has 0 heterocycles. The number of halogens is 3. The van der Waals surface area contributed by atoms with Crippen LogP contribution in [0, 0.1) is 17.6 Å². The van der Waals surface area contributed by atoms with E-state index in [0.29, 0.717) is 6.42 Å². The molecule has 0 amide bonds. The quantitative estimate of drug-likeness (QED) is 0.687. The highest BCUT2D eigenvalue weighted by atomic mass is 35.5. The van der Waals surface area contributed by atoms with Gasteiger partial charge in [-0.05, 0) is 24.5 Å². The topological polar surface area (TPSA) is 0 Å². The zero-order chi connectivity index (χ0) is 10.0. The summed E-state index contributed by atoms with van der Waals surface area (Å²) in [7, 11) is 0. The van der Waals surface area contributed by atoms with E-state index in [9.17, 15) is 8.78 Å². The van der Waals surface area contributed by atoms with Gasteiger partial charge in [-0.25, -0.2) is 8.78 Å². The van der Waals surface area contributed by atoms with Crippen molar-refractivity contribution in [2.24, 2.45) is 5.92 Å². The SMILES string of the molecule is CC(C)Cc1c(F)cc(Cl)cc1F. The van der Waals surface area contributed by atoms with Crippen molar-refractivity contribution in [3.8, 4) is 0 Å². The number of benzene rings is 1. The van der Waals surface area contributed by atoms with E-state index >= 15 is 0 Å². The molecule has 0 bridgehead atoms. The maximum Gasteiger partial charge on any atom is 0.130 e. The molecule has 0 radical (unpaired) electrons. The molecule has 1 rings (SSSR count). The van der Waals surface area contributed by atoms with E-state index in [0.717, 1.165) is 12.1 Å². The zero-order valence-corrected chi connectivity index (χ0v) is 8.33. The summed E-state index contributed by atoms with van der Waals surface area (Å²) in [6.45, 7) is 3.82. The van der Waals surface area contributed by atoms with Crippen LogP contribution in [0.25, 0.3) is 0 Å². The number of hydrogen-bond donors (Lipinski definition) is 0. The molecule has 0 saturated heterocycles. The lowest BCUT2D eigenvalue weighted by Gasteiger charge is -2.07. The predicted molar refractivity (Wildman–Crippen MR) is 49.9 cm³/mol. The fraction of sp³-hybridized carbons (Fsp3) is 0.400. The standard InChI is InChI=1S/C10H11ClF2/c1-6(2)3-8-9(12)4-7(11)5-10(8)13/h4-6H,3H2,1-2H3. The van der Waals surface area contributed by atoms with E-state index < -0.39 is 11.6 Å². The summed E-state index contributed by atoms with van der Waals surface area (Å²) in [5, 5.41) is 0.0995. The van der Waals surface area contributed by atoms with Gasteiger partial charge in [-0.2, -0.15) is 0 Å². The van der Waals surface area contributed by atoms with Crippen LogP contribution in [0.1, 0.15) is 19.4 Å². The lowest BCUT2D eigenvalue weighted by atomic mass is 10.0. The van der Waals surface area contributed by atoms with Gasteiger partial charge in [0.2, 0.25) is 0 Å². The third-order valence-corrected chi connectivity index (χ3v) is 1.94. The van der Waals surface area contributed by atoms with Crippen molar-refractivity contribution in [3.05, 3.63) is 34.4 Å². The van der Waals surface area contributed by atoms with E-state index in [1.165, 1.54) is 0 Å². The van der Waals surface area contributed by atoms with Gasteiger partial charge in [-0.3, -0.25) is 0 Å². The fourth-order valence-electron chi connectivity index (χ4n) is 1.18. The Labute approximate surface area is 81.5 Å². The molecule has 0 aliphatic rings. The van der Waals surface area contributed by atoms with Crippen LogP contribution >= 0.6 is 11.6 Å². The molecule has 0 N–H and O–H groups in total. The first-order valence-corrected chi connectivity index (χ1v) is 4.52. The molecule has 13 heavy (non-hydrogen) atoms. The monoisotopic (exact) mass is 204 g/mol. The van der Waals surface area contributed by atoms with Crippen molar-refractivity contribution < 1.29 is 8.78 Å². The van der Waals surface area contributed by atoms with E-state index in [1.54, 1.807) is 0 Å². The number of hydrogen-bond acceptors (Lipinski definition) is 0. The minimum atomic E-state index is -0.557. The van der Waals surface area contributed by atoms with Crippen LogP contribution in [0.2, 0.25) is 5.02 Å². The van der Waals surface area contributed by atoms with Crippen molar-refractivity contribution in [2.45, 2.75) is 20.3 Å². The van der Waals surface area contributed by atoms with Crippen LogP contribution in [0.3, 0.4) is 0 Å². The molecule has 1 aromatic carbocycles. The molecular formula is C10H11ClF2. The Morgan fingerprint density at radius 1 is 1.23 bits per heavy atom. The average molecular weight is 205 g/mol. The van der Waals surface area contributed by atoms with Gasteiger partial charge in [0.1, 0.15) is 11.6 Å². The highest BCUT2D eigenvalue weighted by Crippen LogP contribution is 2.21. The zero-order valence-electron chi connectivity index (χ0n) is 7.57. The summed E-state index contributed by atoms with van der Waals surface area (Å²) in [5.41, 5.74) is 0.124. The maximum absolute atomic E-state index is 13.1. The first-order valence-electron chi connectivity index (χ1n) is 4.14. The van der Waals surface area contributed by atoms with E-state index in [1.807, 2.05) is 13.8 Å². The van der Waals surface area contributed by atoms with Crippen molar-refractivity contribution in [3.63, 3.8) is 0 Å². The van der Waals surface area contributed by atoms with Crippen molar-refractivity contribution in [2.75, 3.05) is 0 Å². The van der Waals surface area contributed by atoms with Crippen LogP contribution in [0.15, 0.2) is 12.1 Å². The van der Waals surface area contributed by atoms with Gasteiger partial charge in [-0.15, -0.1) is 0 Å². The second kappa shape index (κ2) is 4.05. The molecule has 0 aromatic heterocycles. The minimum Gasteiger partial charge on any atom is -0.207 e. The minimum absolute atomic E-state index is 0.0995. The van der Waals surface area contributed by atoms with Crippen LogP contribution in [0.4, 0.5) is 8.78 Å². The Bertz CT molecular complexity index is 285. The smallest absolute Gasteiger partial charge is 0.130 e. The van der Waals surface area contributed by atoms with Gasteiger partial charge in [0.15, 0.2) is 0 Å². The lowest BCUT2D eigenvalue weighted by Crippen LogP contribution is -2.01. The van der Waals surface area contributed by atoms with Crippen molar-refractivity contribution in [1.29, 1.82) is 0 Å². The van der Waals surface area contributed by atoms with Gasteiger partial charge < -0.3 is 0 Å². The van der Waals surface area contributed by atoms with Crippen LogP contribution in [-0.2, 0) is 6.42 Å². The highest BCUT2D eigenvalue weighted by molar-refractivity contribution is 6.30. The lowest BCUT2D eigenvalue weighted by molar-refractivity contribution is 0.525. The third kappa shape index (κ3) is 2.66. The van der Waals surface area contributed by atoms with E-state index in [4.69, 9.17) is 11.6 Å². The summed E-state index contributed by atoms with van der Waals surface area (Å²) < 4.78 is 26.3. The Morgan fingerprint density at radius 2 is 1.69 bits per heavy atom. The van der Waals surface area contributed by atoms with Gasteiger partial charge in [-0.1, -0.05) is 25.4 Å². The number of rotatable bonds is 2. The second-order valence-corrected chi connectivity index (χ2v) is 3.88. The largest absolute Gasteiger partial charge is 0.207 e. The maximum atomic E-state index is 13.1. The molecule has 72 valence electrons. The van der Waals surface area contributed by atoms with Crippen molar-refractivity contribution in [1.82, 2.24) is 0 Å². The van der Waals surface area contributed by atoms with E-state index in [2.05, 4.69) is 0 Å². The first kappa shape index (κ1) is 10.5. The molecule has 3 heteroatoms. The summed E-state index contributed by atoms with van der Waals surface area (Å²) in [6, 6.07) is 2.28. The predicted octanol–water partition coefficient (Wildman–Crippen LogP) is 3.82. The first-order chi connectivity index (χ1) is 6.00. The molecule has 0 spiro atoms. The molecule has 0 fully saturated rings. The molecule has 0 aliphatic carbocycles. The molecule has 1 aromatic rings. The van der Waals surface area contributed by atoms with Gasteiger partial charge in [0.05, 0.1) is 0 Å². The van der Waals surface area contributed by atoms with Crippen LogP contribution < -0.4 is 0 Å². The van der Waals surface area contributed by atoms with Gasteiger partial charge in [0.25, 0.3) is 0 Å². The Hall–Kier alpha value is -0.630. The average Bonchev–Trinajstić information content (AvgIpc) is 1.96. The summed E-state index contributed by atoms with van der Waals surface area (Å²) in [6.07, 6.45) is 0.398. The van der Waals surface area contributed by atoms with Gasteiger partial charge >= 0.3 is 0 Å². The Balaban J connectivity index is 3.06. The highest BCUT2D eigenvalue weighted by Gasteiger charge is 2.11. The fourth-order valence-corrected chi connectivity index (χ4v) is 1.37. The summed E-state index contributed by atoms with van der Waals surface area (Å²) in [5.74, 6) is -0.887. The summed E-state index contributed by atoms with van der Waals surface area (Å²) in [4.78, 5) is 0. The Kier molecular flexibility index (Phi) is 3.26.